The van der Waals surface area contributed by atoms with Crippen LogP contribution in [0.2, 0.25) is 0 Å². The summed E-state index contributed by atoms with van der Waals surface area (Å²) in [6.07, 6.45) is 4.76. The van der Waals surface area contributed by atoms with Crippen LogP contribution in [0.3, 0.4) is 0 Å². The second kappa shape index (κ2) is 11.3. The highest BCUT2D eigenvalue weighted by Crippen LogP contribution is 2.32. The quantitative estimate of drug-likeness (QED) is 0.244. The highest BCUT2D eigenvalue weighted by molar-refractivity contribution is 5.96. The fraction of sp³-hybridized carbons (Fsp3) is 0.242. The van der Waals surface area contributed by atoms with E-state index in [9.17, 15) is 14.3 Å². The summed E-state index contributed by atoms with van der Waals surface area (Å²) in [6, 6.07) is 18.5. The first-order valence-electron chi connectivity index (χ1n) is 14.0. The Morgan fingerprint density at radius 1 is 1.10 bits per heavy atom. The van der Waals surface area contributed by atoms with Crippen molar-refractivity contribution in [3.05, 3.63) is 107 Å². The lowest BCUT2D eigenvalue weighted by atomic mass is 10.0. The van der Waals surface area contributed by atoms with Gasteiger partial charge in [-0.1, -0.05) is 18.2 Å². The summed E-state index contributed by atoms with van der Waals surface area (Å²) in [7, 11) is 4.20. The lowest BCUT2D eigenvalue weighted by Crippen LogP contribution is -2.31. The van der Waals surface area contributed by atoms with Gasteiger partial charge in [0.1, 0.15) is 11.6 Å². The lowest BCUT2D eigenvalue weighted by molar-refractivity contribution is 0.0942. The number of aromatic amines is 1. The molecule has 3 heterocycles. The van der Waals surface area contributed by atoms with Crippen LogP contribution in [0.25, 0.3) is 22.3 Å². The minimum Gasteiger partial charge on any atom is -0.508 e. The molecule has 9 heteroatoms. The van der Waals surface area contributed by atoms with Gasteiger partial charge in [-0.05, 0) is 86.9 Å². The Hall–Kier alpha value is -4.76. The van der Waals surface area contributed by atoms with Crippen LogP contribution in [0.5, 0.6) is 5.75 Å². The number of para-hydroxylation sites is 1. The number of aryl methyl sites for hydroxylation is 1. The first kappa shape index (κ1) is 27.4. The molecule has 42 heavy (non-hydrogen) atoms. The van der Waals surface area contributed by atoms with Crippen molar-refractivity contribution in [1.29, 1.82) is 0 Å². The molecular formula is C33H33FN6O2. The van der Waals surface area contributed by atoms with Crippen molar-refractivity contribution in [2.45, 2.75) is 25.4 Å². The van der Waals surface area contributed by atoms with Crippen molar-refractivity contribution in [2.24, 2.45) is 0 Å². The fourth-order valence-corrected chi connectivity index (χ4v) is 5.62. The number of aromatic nitrogens is 3. The molecule has 1 aliphatic rings. The Morgan fingerprint density at radius 3 is 2.62 bits per heavy atom. The van der Waals surface area contributed by atoms with Gasteiger partial charge in [0.2, 0.25) is 0 Å². The number of nitrogens with one attached hydrogen (secondary N) is 2. The van der Waals surface area contributed by atoms with Crippen LogP contribution in [-0.2, 0) is 0 Å². The highest BCUT2D eigenvalue weighted by Gasteiger charge is 2.26. The van der Waals surface area contributed by atoms with Gasteiger partial charge < -0.3 is 25.2 Å². The Labute approximate surface area is 243 Å². The van der Waals surface area contributed by atoms with Crippen LogP contribution in [0.15, 0.2) is 79.1 Å². The number of carbonyl (C=O) groups excluding carboxylic acids is 1. The number of phenols is 1. The molecule has 3 aromatic carbocycles. The summed E-state index contributed by atoms with van der Waals surface area (Å²) in [4.78, 5) is 30.8. The Morgan fingerprint density at radius 2 is 1.88 bits per heavy atom. The van der Waals surface area contributed by atoms with Crippen LogP contribution in [0, 0.1) is 12.7 Å². The van der Waals surface area contributed by atoms with E-state index in [0.717, 1.165) is 47.2 Å². The number of hydrogen-bond acceptors (Lipinski definition) is 6. The van der Waals surface area contributed by atoms with Crippen LogP contribution in [0.4, 0.5) is 10.1 Å². The van der Waals surface area contributed by atoms with Gasteiger partial charge in [-0.15, -0.1) is 0 Å². The first-order valence-corrected chi connectivity index (χ1v) is 14.0. The van der Waals surface area contributed by atoms with E-state index in [0.29, 0.717) is 23.1 Å². The standard InChI is InChI=1S/C33H33FN6O2/c1-20-12-22(32-35-17-26(18-36-32)40-11-10-25(19-40)39(2)3)14-23(13-20)33(42)38-31(27-16-24(34)8-9-30(27)41)29-15-21-6-4-5-7-28(21)37-29/h4-9,12-18,25,31,37,41H,10-11,19H2,1-3H3,(H,38,42)/t25-,31?/m0/s1. The van der Waals surface area contributed by atoms with E-state index in [2.05, 4.69) is 44.2 Å². The van der Waals surface area contributed by atoms with Gasteiger partial charge in [-0.25, -0.2) is 14.4 Å². The van der Waals surface area contributed by atoms with E-state index in [1.54, 1.807) is 12.1 Å². The molecule has 1 amide bonds. The Bertz CT molecular complexity index is 1720. The zero-order chi connectivity index (χ0) is 29.4. The molecule has 2 atom stereocenters. The Balaban J connectivity index is 1.29. The Kier molecular flexibility index (Phi) is 7.34. The van der Waals surface area contributed by atoms with Gasteiger partial charge in [0, 0.05) is 47.0 Å². The SMILES string of the molecule is Cc1cc(C(=O)NC(c2cc3ccccc3[nH]2)c2cc(F)ccc2O)cc(-c2ncc(N3CC[C@H](N(C)C)C3)cn2)c1. The summed E-state index contributed by atoms with van der Waals surface area (Å²) >= 11 is 0. The number of rotatable bonds is 7. The summed E-state index contributed by atoms with van der Waals surface area (Å²) < 4.78 is 14.3. The number of nitrogens with zero attached hydrogens (tertiary/aromatic N) is 4. The van der Waals surface area contributed by atoms with Crippen molar-refractivity contribution >= 4 is 22.5 Å². The second-order valence-corrected chi connectivity index (χ2v) is 11.1. The van der Waals surface area contributed by atoms with Gasteiger partial charge in [0.15, 0.2) is 5.82 Å². The van der Waals surface area contributed by atoms with Gasteiger partial charge in [-0.2, -0.15) is 0 Å². The van der Waals surface area contributed by atoms with E-state index < -0.39 is 11.9 Å². The molecule has 0 bridgehead atoms. The van der Waals surface area contributed by atoms with Crippen molar-refractivity contribution in [3.8, 4) is 17.1 Å². The molecule has 214 valence electrons. The van der Waals surface area contributed by atoms with Crippen LogP contribution < -0.4 is 10.2 Å². The van der Waals surface area contributed by atoms with E-state index in [4.69, 9.17) is 0 Å². The number of likely N-dealkylation sites (N-methyl/N-ethyl adjacent to an activating group) is 1. The molecule has 8 nitrogen and oxygen atoms in total. The van der Waals surface area contributed by atoms with Crippen molar-refractivity contribution in [1.82, 2.24) is 25.2 Å². The smallest absolute Gasteiger partial charge is 0.252 e. The zero-order valence-electron chi connectivity index (χ0n) is 23.8. The maximum Gasteiger partial charge on any atom is 0.252 e. The molecule has 3 N–H and O–H groups in total. The number of benzene rings is 3. The third-order valence-corrected chi connectivity index (χ3v) is 7.93. The minimum absolute atomic E-state index is 0.117. The molecular weight excluding hydrogens is 531 g/mol. The molecule has 1 saturated heterocycles. The van der Waals surface area contributed by atoms with Crippen molar-refractivity contribution in [2.75, 3.05) is 32.1 Å². The number of amides is 1. The minimum atomic E-state index is -0.827. The third-order valence-electron chi connectivity index (χ3n) is 7.93. The molecule has 0 aliphatic carbocycles. The maximum absolute atomic E-state index is 14.3. The van der Waals surface area contributed by atoms with Crippen LogP contribution in [0.1, 0.15) is 39.6 Å². The maximum atomic E-state index is 14.3. The molecule has 1 aliphatic heterocycles. The van der Waals surface area contributed by atoms with Crippen LogP contribution >= 0.6 is 0 Å². The molecule has 0 radical (unpaired) electrons. The predicted octanol–water partition coefficient (Wildman–Crippen LogP) is 5.44. The zero-order valence-corrected chi connectivity index (χ0v) is 23.8. The first-order chi connectivity index (χ1) is 20.2. The molecule has 1 fully saturated rings. The monoisotopic (exact) mass is 564 g/mol. The predicted molar refractivity (Wildman–Crippen MR) is 162 cm³/mol. The van der Waals surface area contributed by atoms with Gasteiger partial charge in [-0.3, -0.25) is 4.79 Å². The largest absolute Gasteiger partial charge is 0.508 e. The summed E-state index contributed by atoms with van der Waals surface area (Å²) in [6.45, 7) is 3.80. The van der Waals surface area contributed by atoms with E-state index in [-0.39, 0.29) is 17.2 Å². The summed E-state index contributed by atoms with van der Waals surface area (Å²) in [5.74, 6) is -0.484. The van der Waals surface area contributed by atoms with E-state index >= 15 is 0 Å². The second-order valence-electron chi connectivity index (χ2n) is 11.1. The number of H-pyrrole nitrogens is 1. The molecule has 0 saturated carbocycles. The number of carbonyl (C=O) groups is 1. The number of hydrogen-bond donors (Lipinski definition) is 3. The van der Waals surface area contributed by atoms with Gasteiger partial charge in [0.25, 0.3) is 5.91 Å². The normalized spacial score (nSPS) is 15.8. The average Bonchev–Trinajstić information content (AvgIpc) is 3.65. The number of halogens is 1. The molecule has 5 aromatic rings. The fourth-order valence-electron chi connectivity index (χ4n) is 5.62. The summed E-state index contributed by atoms with van der Waals surface area (Å²) in [5, 5.41) is 14.6. The van der Waals surface area contributed by atoms with E-state index in [1.807, 2.05) is 55.7 Å². The number of anilines is 1. The van der Waals surface area contributed by atoms with Crippen molar-refractivity contribution < 1.29 is 14.3 Å². The lowest BCUT2D eigenvalue weighted by Gasteiger charge is -2.21. The molecule has 0 spiro atoms. The number of phenolic OH excluding ortho intramolecular Hbond substituents is 1. The summed E-state index contributed by atoms with van der Waals surface area (Å²) in [5.41, 5.74) is 4.71. The number of fused-ring (bicyclic) bond motifs is 1. The number of aromatic hydroxyl groups is 1. The average molecular weight is 565 g/mol. The van der Waals surface area contributed by atoms with Gasteiger partial charge >= 0.3 is 0 Å². The molecule has 2 aromatic heterocycles. The van der Waals surface area contributed by atoms with Gasteiger partial charge in [0.05, 0.1) is 24.1 Å². The van der Waals surface area contributed by atoms with Crippen LogP contribution in [-0.4, -0.2) is 64.1 Å². The van der Waals surface area contributed by atoms with E-state index in [1.165, 1.54) is 18.2 Å². The highest BCUT2D eigenvalue weighted by atomic mass is 19.1. The topological polar surface area (TPSA) is 97.4 Å². The molecule has 1 unspecified atom stereocenters. The third kappa shape index (κ3) is 5.56. The molecule has 6 rings (SSSR count). The van der Waals surface area contributed by atoms with Crippen molar-refractivity contribution in [3.63, 3.8) is 0 Å².